The number of aliphatic hydroxyl groups excluding tert-OH is 1. The number of nitrogens with one attached hydrogen (secondary N) is 1. The molecule has 0 spiro atoms. The number of nitrogens with zero attached hydrogens (tertiary/aromatic N) is 1. The zero-order valence-corrected chi connectivity index (χ0v) is 10.1. The van der Waals surface area contributed by atoms with Crippen molar-refractivity contribution in [3.63, 3.8) is 0 Å². The van der Waals surface area contributed by atoms with E-state index in [1.54, 1.807) is 12.1 Å². The normalized spacial score (nSPS) is 10.8. The van der Waals surface area contributed by atoms with Crippen molar-refractivity contribution in [2.24, 2.45) is 0 Å². The van der Waals surface area contributed by atoms with Crippen LogP contribution in [0.3, 0.4) is 0 Å². The zero-order valence-electron chi connectivity index (χ0n) is 9.30. The van der Waals surface area contributed by atoms with Gasteiger partial charge in [-0.2, -0.15) is 0 Å². The molecule has 0 atom stereocenters. The van der Waals surface area contributed by atoms with Crippen LogP contribution in [0.25, 0.3) is 11.3 Å². The van der Waals surface area contributed by atoms with Crippen LogP contribution >= 0.6 is 11.6 Å². The maximum Gasteiger partial charge on any atom is 0.141 e. The number of imidazole rings is 1. The number of benzene rings is 1. The van der Waals surface area contributed by atoms with E-state index >= 15 is 0 Å². The molecule has 2 aromatic rings. The van der Waals surface area contributed by atoms with Gasteiger partial charge in [-0.25, -0.2) is 9.37 Å². The van der Waals surface area contributed by atoms with Gasteiger partial charge in [0.05, 0.1) is 17.3 Å². The third-order valence-electron chi connectivity index (χ3n) is 2.48. The fraction of sp³-hybridized carbons (Fsp3) is 0.250. The molecule has 5 heteroatoms. The molecule has 0 radical (unpaired) electrons. The predicted molar refractivity (Wildman–Crippen MR) is 64.5 cm³/mol. The third kappa shape index (κ3) is 2.48. The zero-order chi connectivity index (χ0) is 12.4. The van der Waals surface area contributed by atoms with Crippen LogP contribution in [0.5, 0.6) is 0 Å². The number of aliphatic hydroxyl groups is 1. The van der Waals surface area contributed by atoms with Gasteiger partial charge in [-0.05, 0) is 25.1 Å². The molecule has 1 aromatic carbocycles. The Morgan fingerprint density at radius 3 is 2.88 bits per heavy atom. The van der Waals surface area contributed by atoms with Gasteiger partial charge in [-0.3, -0.25) is 0 Å². The molecular formula is C12H12ClFN2O. The number of aromatic nitrogens is 2. The minimum atomic E-state index is -0.445. The molecule has 0 bridgehead atoms. The summed E-state index contributed by atoms with van der Waals surface area (Å²) in [4.78, 5) is 7.41. The minimum Gasteiger partial charge on any atom is -0.396 e. The molecule has 2 N–H and O–H groups in total. The van der Waals surface area contributed by atoms with Crippen molar-refractivity contribution < 1.29 is 9.50 Å². The molecule has 0 fully saturated rings. The highest BCUT2D eigenvalue weighted by Crippen LogP contribution is 2.25. The van der Waals surface area contributed by atoms with Gasteiger partial charge < -0.3 is 10.1 Å². The highest BCUT2D eigenvalue weighted by Gasteiger charge is 2.10. The maximum atomic E-state index is 13.0. The number of hydrogen-bond acceptors (Lipinski definition) is 2. The Hall–Kier alpha value is -1.39. The molecule has 1 aromatic heterocycles. The highest BCUT2D eigenvalue weighted by molar-refractivity contribution is 6.31. The summed E-state index contributed by atoms with van der Waals surface area (Å²) in [6, 6.07) is 4.49. The number of rotatable bonds is 3. The van der Waals surface area contributed by atoms with Gasteiger partial charge >= 0.3 is 0 Å². The molecule has 2 rings (SSSR count). The smallest absolute Gasteiger partial charge is 0.141 e. The van der Waals surface area contributed by atoms with Crippen LogP contribution in [0.4, 0.5) is 4.39 Å². The number of H-pyrrole nitrogens is 1. The average Bonchev–Trinajstić information content (AvgIpc) is 2.64. The summed E-state index contributed by atoms with van der Waals surface area (Å²) in [5.74, 6) is 0.264. The molecule has 0 aliphatic heterocycles. The Morgan fingerprint density at radius 2 is 2.24 bits per heavy atom. The second-order valence-electron chi connectivity index (χ2n) is 3.76. The Balaban J connectivity index is 2.41. The molecule has 0 unspecified atom stereocenters. The lowest BCUT2D eigenvalue weighted by Gasteiger charge is -2.00. The van der Waals surface area contributed by atoms with E-state index in [4.69, 9.17) is 16.7 Å². The van der Waals surface area contributed by atoms with E-state index < -0.39 is 5.82 Å². The minimum absolute atomic E-state index is 0.0383. The lowest BCUT2D eigenvalue weighted by molar-refractivity contribution is 0.297. The SMILES string of the molecule is Cc1[nH]c(CCO)nc1-c1ccc(F)c(Cl)c1. The summed E-state index contributed by atoms with van der Waals surface area (Å²) in [6.07, 6.45) is 0.468. The van der Waals surface area contributed by atoms with Crippen LogP contribution in [0, 0.1) is 12.7 Å². The van der Waals surface area contributed by atoms with Crippen molar-refractivity contribution in [1.82, 2.24) is 9.97 Å². The van der Waals surface area contributed by atoms with Crippen LogP contribution < -0.4 is 0 Å². The summed E-state index contributed by atoms with van der Waals surface area (Å²) in [7, 11) is 0. The standard InChI is InChI=1S/C12H12ClFN2O/c1-7-12(16-11(15-7)4-5-17)8-2-3-10(14)9(13)6-8/h2-3,6,17H,4-5H2,1H3,(H,15,16). The van der Waals surface area contributed by atoms with Gasteiger partial charge in [0, 0.05) is 17.7 Å². The monoisotopic (exact) mass is 254 g/mol. The molecular weight excluding hydrogens is 243 g/mol. The quantitative estimate of drug-likeness (QED) is 0.885. The van der Waals surface area contributed by atoms with Gasteiger partial charge in [-0.15, -0.1) is 0 Å². The molecule has 0 aliphatic carbocycles. The molecule has 0 aliphatic rings. The first-order chi connectivity index (χ1) is 8.11. The van der Waals surface area contributed by atoms with Crippen LogP contribution in [0.2, 0.25) is 5.02 Å². The van der Waals surface area contributed by atoms with E-state index in [1.807, 2.05) is 6.92 Å². The van der Waals surface area contributed by atoms with Crippen molar-refractivity contribution in [2.45, 2.75) is 13.3 Å². The number of hydrogen-bond donors (Lipinski definition) is 2. The summed E-state index contributed by atoms with van der Waals surface area (Å²) >= 11 is 5.73. The Bertz CT molecular complexity index is 539. The van der Waals surface area contributed by atoms with E-state index in [1.165, 1.54) is 6.07 Å². The molecule has 0 saturated heterocycles. The van der Waals surface area contributed by atoms with Crippen molar-refractivity contribution in [1.29, 1.82) is 0 Å². The average molecular weight is 255 g/mol. The Labute approximate surface area is 103 Å². The maximum absolute atomic E-state index is 13.0. The third-order valence-corrected chi connectivity index (χ3v) is 2.77. The molecule has 90 valence electrons. The van der Waals surface area contributed by atoms with Crippen LogP contribution in [0.15, 0.2) is 18.2 Å². The van der Waals surface area contributed by atoms with E-state index in [-0.39, 0.29) is 11.6 Å². The predicted octanol–water partition coefficient (Wildman–Crippen LogP) is 2.71. The molecule has 0 amide bonds. The summed E-state index contributed by atoms with van der Waals surface area (Å²) in [5, 5.41) is 8.92. The number of halogens is 2. The first-order valence-electron chi connectivity index (χ1n) is 5.23. The first-order valence-corrected chi connectivity index (χ1v) is 5.61. The van der Waals surface area contributed by atoms with E-state index in [0.29, 0.717) is 12.2 Å². The second kappa shape index (κ2) is 4.85. The van der Waals surface area contributed by atoms with Gasteiger partial charge in [0.1, 0.15) is 11.6 Å². The van der Waals surface area contributed by atoms with E-state index in [9.17, 15) is 4.39 Å². The fourth-order valence-corrected chi connectivity index (χ4v) is 1.85. The summed E-state index contributed by atoms with van der Waals surface area (Å²) < 4.78 is 13.0. The molecule has 17 heavy (non-hydrogen) atoms. The van der Waals surface area contributed by atoms with Crippen LogP contribution in [-0.2, 0) is 6.42 Å². The van der Waals surface area contributed by atoms with Gasteiger partial charge in [0.25, 0.3) is 0 Å². The molecule has 3 nitrogen and oxygen atoms in total. The van der Waals surface area contributed by atoms with Crippen molar-refractivity contribution >= 4 is 11.6 Å². The molecule has 0 saturated carbocycles. The van der Waals surface area contributed by atoms with Gasteiger partial charge in [0.15, 0.2) is 0 Å². The molecule has 1 heterocycles. The summed E-state index contributed by atoms with van der Waals surface area (Å²) in [5.41, 5.74) is 2.36. The Morgan fingerprint density at radius 1 is 1.47 bits per heavy atom. The van der Waals surface area contributed by atoms with Gasteiger partial charge in [0.2, 0.25) is 0 Å². The first kappa shape index (κ1) is 12.1. The van der Waals surface area contributed by atoms with E-state index in [2.05, 4.69) is 9.97 Å². The fourth-order valence-electron chi connectivity index (χ4n) is 1.67. The van der Waals surface area contributed by atoms with Crippen molar-refractivity contribution in [3.8, 4) is 11.3 Å². The number of aromatic amines is 1. The lowest BCUT2D eigenvalue weighted by atomic mass is 10.1. The second-order valence-corrected chi connectivity index (χ2v) is 4.17. The summed E-state index contributed by atoms with van der Waals surface area (Å²) in [6.45, 7) is 1.91. The largest absolute Gasteiger partial charge is 0.396 e. The number of aryl methyl sites for hydroxylation is 1. The van der Waals surface area contributed by atoms with E-state index in [0.717, 1.165) is 17.0 Å². The Kier molecular flexibility index (Phi) is 3.45. The highest BCUT2D eigenvalue weighted by atomic mass is 35.5. The van der Waals surface area contributed by atoms with Crippen molar-refractivity contribution in [3.05, 3.63) is 40.6 Å². The van der Waals surface area contributed by atoms with Crippen molar-refractivity contribution in [2.75, 3.05) is 6.61 Å². The van der Waals surface area contributed by atoms with Crippen LogP contribution in [0.1, 0.15) is 11.5 Å². The van der Waals surface area contributed by atoms with Crippen LogP contribution in [-0.4, -0.2) is 21.7 Å². The van der Waals surface area contributed by atoms with Gasteiger partial charge in [-0.1, -0.05) is 11.6 Å². The topological polar surface area (TPSA) is 48.9 Å². The lowest BCUT2D eigenvalue weighted by Crippen LogP contribution is -1.92.